The molecule has 1 saturated heterocycles. The first-order chi connectivity index (χ1) is 14.0. The summed E-state index contributed by atoms with van der Waals surface area (Å²) in [5.74, 6) is 0.0458. The molecule has 0 spiro atoms. The number of nitrogens with zero attached hydrogens (tertiary/aromatic N) is 4. The van der Waals surface area contributed by atoms with Gasteiger partial charge in [0, 0.05) is 43.5 Å². The Bertz CT molecular complexity index is 1080. The van der Waals surface area contributed by atoms with Gasteiger partial charge in [-0.1, -0.05) is 29.8 Å². The molecule has 0 saturated carbocycles. The number of aromatic nitrogens is 1. The van der Waals surface area contributed by atoms with Gasteiger partial charge >= 0.3 is 0 Å². The number of carbonyl (C=O) groups is 1. The molecule has 2 aromatic carbocycles. The summed E-state index contributed by atoms with van der Waals surface area (Å²) in [5.41, 5.74) is 2.33. The van der Waals surface area contributed by atoms with E-state index in [0.717, 1.165) is 11.3 Å². The summed E-state index contributed by atoms with van der Waals surface area (Å²) in [6.45, 7) is 2.43. The van der Waals surface area contributed by atoms with Gasteiger partial charge in [0.25, 0.3) is 5.69 Å². The summed E-state index contributed by atoms with van der Waals surface area (Å²) in [6, 6.07) is 14.1. The molecule has 148 valence electrons. The van der Waals surface area contributed by atoms with Crippen molar-refractivity contribution < 1.29 is 9.72 Å². The molecule has 1 amide bonds. The average Bonchev–Trinajstić information content (AvgIpc) is 2.74. The van der Waals surface area contributed by atoms with E-state index in [2.05, 4.69) is 9.88 Å². The van der Waals surface area contributed by atoms with Gasteiger partial charge in [-0.3, -0.25) is 19.9 Å². The Balaban J connectivity index is 1.49. The van der Waals surface area contributed by atoms with E-state index in [-0.39, 0.29) is 22.9 Å². The lowest BCUT2D eigenvalue weighted by atomic mass is 10.1. The molecule has 0 N–H and O–H groups in total. The molecule has 8 heteroatoms. The van der Waals surface area contributed by atoms with Crippen LogP contribution in [0.2, 0.25) is 5.02 Å². The summed E-state index contributed by atoms with van der Waals surface area (Å²) >= 11 is 6.17. The number of fused-ring (bicyclic) bond motifs is 1. The van der Waals surface area contributed by atoms with Crippen LogP contribution in [0.3, 0.4) is 0 Å². The topological polar surface area (TPSA) is 79.6 Å². The second-order valence-electron chi connectivity index (χ2n) is 6.90. The largest absolute Gasteiger partial charge is 0.366 e. The normalized spacial score (nSPS) is 14.2. The second kappa shape index (κ2) is 8.05. The van der Waals surface area contributed by atoms with Gasteiger partial charge < -0.3 is 9.80 Å². The maximum absolute atomic E-state index is 12.7. The van der Waals surface area contributed by atoms with Crippen LogP contribution < -0.4 is 4.90 Å². The molecule has 1 fully saturated rings. The molecule has 0 radical (unpaired) electrons. The number of anilines is 1. The van der Waals surface area contributed by atoms with Gasteiger partial charge in [0.15, 0.2) is 0 Å². The Kier molecular flexibility index (Phi) is 5.31. The van der Waals surface area contributed by atoms with Crippen LogP contribution in [0.25, 0.3) is 10.9 Å². The third kappa shape index (κ3) is 3.86. The van der Waals surface area contributed by atoms with Crippen LogP contribution in [0, 0.1) is 10.1 Å². The highest BCUT2D eigenvalue weighted by Crippen LogP contribution is 2.32. The second-order valence-corrected chi connectivity index (χ2v) is 7.30. The van der Waals surface area contributed by atoms with E-state index in [4.69, 9.17) is 11.6 Å². The van der Waals surface area contributed by atoms with Crippen LogP contribution >= 0.6 is 11.6 Å². The standard InChI is InChI=1S/C21H19ClN4O3/c22-17-6-2-1-4-15(17)14-20(27)25-12-10-24(11-13-25)19-8-7-18(26(28)29)16-5-3-9-23-21(16)19/h1-9H,10-14H2. The molecule has 0 aliphatic carbocycles. The number of nitro groups is 1. The average molecular weight is 411 g/mol. The van der Waals surface area contributed by atoms with E-state index in [1.807, 2.05) is 23.1 Å². The molecular weight excluding hydrogens is 392 g/mol. The fourth-order valence-corrected chi connectivity index (χ4v) is 3.87. The maximum Gasteiger partial charge on any atom is 0.278 e. The molecular formula is C21H19ClN4O3. The van der Waals surface area contributed by atoms with Gasteiger partial charge in [-0.25, -0.2) is 0 Å². The molecule has 0 bridgehead atoms. The number of carbonyl (C=O) groups excluding carboxylic acids is 1. The number of nitro benzene ring substituents is 1. The molecule has 1 aliphatic rings. The van der Waals surface area contributed by atoms with Crippen LogP contribution in [0.5, 0.6) is 0 Å². The van der Waals surface area contributed by atoms with Gasteiger partial charge in [0.05, 0.1) is 22.4 Å². The van der Waals surface area contributed by atoms with E-state index in [9.17, 15) is 14.9 Å². The number of piperazine rings is 1. The number of benzene rings is 2. The van der Waals surface area contributed by atoms with E-state index in [1.54, 1.807) is 30.5 Å². The highest BCUT2D eigenvalue weighted by molar-refractivity contribution is 6.31. The van der Waals surface area contributed by atoms with Crippen molar-refractivity contribution in [1.29, 1.82) is 0 Å². The Morgan fingerprint density at radius 3 is 2.55 bits per heavy atom. The minimum absolute atomic E-state index is 0.0458. The van der Waals surface area contributed by atoms with Gasteiger partial charge in [0.2, 0.25) is 5.91 Å². The lowest BCUT2D eigenvalue weighted by molar-refractivity contribution is -0.383. The molecule has 2 heterocycles. The third-order valence-electron chi connectivity index (χ3n) is 5.19. The summed E-state index contributed by atoms with van der Waals surface area (Å²) in [7, 11) is 0. The van der Waals surface area contributed by atoms with E-state index in [1.165, 1.54) is 6.07 Å². The predicted octanol–water partition coefficient (Wildman–Crippen LogP) is 3.69. The molecule has 1 aliphatic heterocycles. The zero-order chi connectivity index (χ0) is 20.4. The van der Waals surface area contributed by atoms with Crippen molar-refractivity contribution in [1.82, 2.24) is 9.88 Å². The van der Waals surface area contributed by atoms with Crippen LogP contribution in [0.4, 0.5) is 11.4 Å². The lowest BCUT2D eigenvalue weighted by Crippen LogP contribution is -2.49. The van der Waals surface area contributed by atoms with Crippen molar-refractivity contribution >= 4 is 39.8 Å². The van der Waals surface area contributed by atoms with Crippen LogP contribution in [0.15, 0.2) is 54.7 Å². The molecule has 1 aromatic heterocycles. The molecule has 0 atom stereocenters. The highest BCUT2D eigenvalue weighted by Gasteiger charge is 2.24. The monoisotopic (exact) mass is 410 g/mol. The van der Waals surface area contributed by atoms with Gasteiger partial charge in [-0.15, -0.1) is 0 Å². The van der Waals surface area contributed by atoms with Gasteiger partial charge in [-0.05, 0) is 29.8 Å². The number of pyridine rings is 1. The van der Waals surface area contributed by atoms with E-state index in [0.29, 0.717) is 42.1 Å². The Hall–Kier alpha value is -3.19. The first kappa shape index (κ1) is 19.1. The zero-order valence-corrected chi connectivity index (χ0v) is 16.4. The van der Waals surface area contributed by atoms with Crippen molar-refractivity contribution in [3.8, 4) is 0 Å². The SMILES string of the molecule is O=C(Cc1ccccc1Cl)N1CCN(c2ccc([N+](=O)[O-])c3cccnc23)CC1. The zero-order valence-electron chi connectivity index (χ0n) is 15.6. The van der Waals surface area contributed by atoms with E-state index >= 15 is 0 Å². The third-order valence-corrected chi connectivity index (χ3v) is 5.56. The fourth-order valence-electron chi connectivity index (χ4n) is 3.67. The van der Waals surface area contributed by atoms with Crippen LogP contribution in [-0.2, 0) is 11.2 Å². The maximum atomic E-state index is 12.7. The van der Waals surface area contributed by atoms with Crippen LogP contribution in [-0.4, -0.2) is 46.9 Å². The minimum atomic E-state index is -0.390. The molecule has 0 unspecified atom stereocenters. The number of non-ortho nitro benzene ring substituents is 1. The summed E-state index contributed by atoms with van der Waals surface area (Å²) < 4.78 is 0. The molecule has 3 aromatic rings. The summed E-state index contributed by atoms with van der Waals surface area (Å²) in [5, 5.41) is 12.4. The highest BCUT2D eigenvalue weighted by atomic mass is 35.5. The number of hydrogen-bond donors (Lipinski definition) is 0. The predicted molar refractivity (Wildman–Crippen MR) is 112 cm³/mol. The smallest absolute Gasteiger partial charge is 0.278 e. The van der Waals surface area contributed by atoms with Crippen molar-refractivity contribution in [3.05, 3.63) is 75.4 Å². The molecule has 7 nitrogen and oxygen atoms in total. The first-order valence-electron chi connectivity index (χ1n) is 9.33. The van der Waals surface area contributed by atoms with Gasteiger partial charge in [-0.2, -0.15) is 0 Å². The Morgan fingerprint density at radius 1 is 1.07 bits per heavy atom. The number of halogens is 1. The van der Waals surface area contributed by atoms with Crippen molar-refractivity contribution in [2.24, 2.45) is 0 Å². The Morgan fingerprint density at radius 2 is 1.83 bits per heavy atom. The number of amides is 1. The lowest BCUT2D eigenvalue weighted by Gasteiger charge is -2.36. The molecule has 4 rings (SSSR count). The first-order valence-corrected chi connectivity index (χ1v) is 9.70. The Labute approximate surface area is 172 Å². The van der Waals surface area contributed by atoms with Crippen molar-refractivity contribution in [2.75, 3.05) is 31.1 Å². The summed E-state index contributed by atoms with van der Waals surface area (Å²) in [6.07, 6.45) is 1.92. The van der Waals surface area contributed by atoms with Crippen LogP contribution in [0.1, 0.15) is 5.56 Å². The number of rotatable bonds is 4. The van der Waals surface area contributed by atoms with Crippen molar-refractivity contribution in [3.63, 3.8) is 0 Å². The summed E-state index contributed by atoms with van der Waals surface area (Å²) in [4.78, 5) is 31.9. The minimum Gasteiger partial charge on any atom is -0.366 e. The van der Waals surface area contributed by atoms with E-state index < -0.39 is 0 Å². The number of hydrogen-bond acceptors (Lipinski definition) is 5. The van der Waals surface area contributed by atoms with Gasteiger partial charge in [0.1, 0.15) is 5.52 Å². The van der Waals surface area contributed by atoms with Crippen molar-refractivity contribution in [2.45, 2.75) is 6.42 Å². The molecule has 29 heavy (non-hydrogen) atoms. The quantitative estimate of drug-likeness (QED) is 0.484. The fraction of sp³-hybridized carbons (Fsp3) is 0.238.